The number of likely N-dealkylation sites (N-methyl/N-ethyl adjacent to an activating group) is 1. The minimum atomic E-state index is -3.07. The Morgan fingerprint density at radius 3 is 2.19 bits per heavy atom. The molecule has 0 saturated carbocycles. The number of hydrogen-bond donors (Lipinski definition) is 1. The van der Waals surface area contributed by atoms with E-state index in [0.29, 0.717) is 13.0 Å². The standard InChI is InChI=1S/C11H24N2O2S/c1-5-13(10-8-12-9-10)16(14,15)7-6-11(2,3)4/h10,12H,5-9H2,1-4H3. The number of sulfonamides is 1. The molecule has 1 N–H and O–H groups in total. The Kier molecular flexibility index (Phi) is 4.37. The molecule has 0 bridgehead atoms. The summed E-state index contributed by atoms with van der Waals surface area (Å²) < 4.78 is 25.9. The minimum absolute atomic E-state index is 0.0738. The van der Waals surface area contributed by atoms with E-state index in [2.05, 4.69) is 26.1 Å². The molecular formula is C11H24N2O2S. The molecule has 1 fully saturated rings. The average Bonchev–Trinajstić information content (AvgIpc) is 2.06. The molecule has 1 aliphatic heterocycles. The van der Waals surface area contributed by atoms with E-state index in [0.717, 1.165) is 13.1 Å². The summed E-state index contributed by atoms with van der Waals surface area (Å²) in [5, 5.41) is 3.11. The maximum Gasteiger partial charge on any atom is 0.214 e. The largest absolute Gasteiger partial charge is 0.313 e. The topological polar surface area (TPSA) is 49.4 Å². The van der Waals surface area contributed by atoms with Crippen LogP contribution >= 0.6 is 0 Å². The molecule has 96 valence electrons. The second kappa shape index (κ2) is 5.02. The van der Waals surface area contributed by atoms with Gasteiger partial charge >= 0.3 is 0 Å². The van der Waals surface area contributed by atoms with E-state index in [1.54, 1.807) is 4.31 Å². The maximum atomic E-state index is 12.1. The van der Waals surface area contributed by atoms with Crippen molar-refractivity contribution in [3.05, 3.63) is 0 Å². The van der Waals surface area contributed by atoms with E-state index in [9.17, 15) is 8.42 Å². The lowest BCUT2D eigenvalue weighted by Gasteiger charge is -2.37. The van der Waals surface area contributed by atoms with Gasteiger partial charge in [-0.25, -0.2) is 8.42 Å². The van der Waals surface area contributed by atoms with Crippen LogP contribution < -0.4 is 5.32 Å². The molecule has 0 amide bonds. The predicted octanol–water partition coefficient (Wildman–Crippen LogP) is 1.05. The lowest BCUT2D eigenvalue weighted by molar-refractivity contribution is 0.248. The molecule has 1 aliphatic rings. The summed E-state index contributed by atoms with van der Waals surface area (Å²) in [4.78, 5) is 0. The molecule has 0 aromatic rings. The summed E-state index contributed by atoms with van der Waals surface area (Å²) in [5.74, 6) is 0.265. The minimum Gasteiger partial charge on any atom is -0.313 e. The molecule has 0 aliphatic carbocycles. The average molecular weight is 248 g/mol. The molecule has 5 heteroatoms. The van der Waals surface area contributed by atoms with Crippen LogP contribution in [0.3, 0.4) is 0 Å². The first-order valence-electron chi connectivity index (χ1n) is 5.96. The summed E-state index contributed by atoms with van der Waals surface area (Å²) in [6, 6.07) is 0.176. The zero-order chi connectivity index (χ0) is 12.4. The monoisotopic (exact) mass is 248 g/mol. The molecule has 0 aromatic carbocycles. The van der Waals surface area contributed by atoms with Crippen molar-refractivity contribution in [2.24, 2.45) is 5.41 Å². The third kappa shape index (κ3) is 3.71. The first-order chi connectivity index (χ1) is 7.26. The van der Waals surface area contributed by atoms with Gasteiger partial charge in [-0.1, -0.05) is 27.7 Å². The van der Waals surface area contributed by atoms with Crippen molar-refractivity contribution >= 4 is 10.0 Å². The normalized spacial score (nSPS) is 18.8. The third-order valence-electron chi connectivity index (χ3n) is 2.95. The smallest absolute Gasteiger partial charge is 0.214 e. The van der Waals surface area contributed by atoms with Crippen molar-refractivity contribution < 1.29 is 8.42 Å². The van der Waals surface area contributed by atoms with Crippen LogP contribution in [0.1, 0.15) is 34.1 Å². The lowest BCUT2D eigenvalue weighted by atomic mass is 9.94. The highest BCUT2D eigenvalue weighted by Gasteiger charge is 2.32. The molecule has 4 nitrogen and oxygen atoms in total. The Balaban J connectivity index is 2.60. The van der Waals surface area contributed by atoms with Crippen LogP contribution in [0.5, 0.6) is 0 Å². The number of nitrogens with one attached hydrogen (secondary N) is 1. The van der Waals surface area contributed by atoms with E-state index >= 15 is 0 Å². The van der Waals surface area contributed by atoms with E-state index in [1.165, 1.54) is 0 Å². The van der Waals surface area contributed by atoms with Crippen molar-refractivity contribution in [1.82, 2.24) is 9.62 Å². The predicted molar refractivity (Wildman–Crippen MR) is 66.9 cm³/mol. The molecular weight excluding hydrogens is 224 g/mol. The van der Waals surface area contributed by atoms with Crippen molar-refractivity contribution in [2.75, 3.05) is 25.4 Å². The van der Waals surface area contributed by atoms with Gasteiger partial charge in [0.1, 0.15) is 0 Å². The van der Waals surface area contributed by atoms with Gasteiger partial charge in [0.05, 0.1) is 5.75 Å². The van der Waals surface area contributed by atoms with Gasteiger partial charge in [-0.3, -0.25) is 0 Å². The summed E-state index contributed by atoms with van der Waals surface area (Å²) in [7, 11) is -3.07. The fourth-order valence-corrected chi connectivity index (χ4v) is 3.81. The van der Waals surface area contributed by atoms with Gasteiger partial charge in [0.25, 0.3) is 0 Å². The fourth-order valence-electron chi connectivity index (χ4n) is 1.71. The van der Waals surface area contributed by atoms with Crippen molar-refractivity contribution in [1.29, 1.82) is 0 Å². The molecule has 0 radical (unpaired) electrons. The highest BCUT2D eigenvalue weighted by molar-refractivity contribution is 7.89. The third-order valence-corrected chi connectivity index (χ3v) is 4.94. The maximum absolute atomic E-state index is 12.1. The van der Waals surface area contributed by atoms with Crippen molar-refractivity contribution in [3.8, 4) is 0 Å². The summed E-state index contributed by atoms with van der Waals surface area (Å²) in [6.45, 7) is 10.3. The SMILES string of the molecule is CCN(C1CNC1)S(=O)(=O)CCC(C)(C)C. The molecule has 0 atom stereocenters. The summed E-state index contributed by atoms with van der Waals surface area (Å²) >= 11 is 0. The van der Waals surface area contributed by atoms with Crippen LogP contribution in [0, 0.1) is 5.41 Å². The second-order valence-corrected chi connectivity index (χ2v) is 7.68. The number of hydrogen-bond acceptors (Lipinski definition) is 3. The van der Waals surface area contributed by atoms with Gasteiger partial charge < -0.3 is 5.32 Å². The van der Waals surface area contributed by atoms with Crippen LogP contribution in [-0.2, 0) is 10.0 Å². The van der Waals surface area contributed by atoms with Crippen molar-refractivity contribution in [3.63, 3.8) is 0 Å². The summed E-state index contributed by atoms with van der Waals surface area (Å²) in [5.41, 5.74) is 0.0738. The Labute approximate surface area is 99.5 Å². The molecule has 1 saturated heterocycles. The summed E-state index contributed by atoms with van der Waals surface area (Å²) in [6.07, 6.45) is 0.714. The van der Waals surface area contributed by atoms with Crippen LogP contribution in [0.4, 0.5) is 0 Å². The quantitative estimate of drug-likeness (QED) is 0.791. The Hall–Kier alpha value is -0.130. The first-order valence-corrected chi connectivity index (χ1v) is 7.57. The van der Waals surface area contributed by atoms with Crippen LogP contribution in [-0.4, -0.2) is 44.2 Å². The second-order valence-electron chi connectivity index (χ2n) is 5.64. The lowest BCUT2D eigenvalue weighted by Crippen LogP contribution is -2.59. The molecule has 16 heavy (non-hydrogen) atoms. The van der Waals surface area contributed by atoms with Gasteiger partial charge in [0, 0.05) is 25.7 Å². The van der Waals surface area contributed by atoms with E-state index in [4.69, 9.17) is 0 Å². The van der Waals surface area contributed by atoms with Gasteiger partial charge in [-0.2, -0.15) is 4.31 Å². The molecule has 0 aromatic heterocycles. The molecule has 1 heterocycles. The van der Waals surface area contributed by atoms with Crippen LogP contribution in [0.25, 0.3) is 0 Å². The van der Waals surface area contributed by atoms with Gasteiger partial charge in [-0.15, -0.1) is 0 Å². The van der Waals surface area contributed by atoms with Gasteiger partial charge in [-0.05, 0) is 11.8 Å². The van der Waals surface area contributed by atoms with E-state index in [-0.39, 0.29) is 17.2 Å². The van der Waals surface area contributed by atoms with Gasteiger partial charge in [0.15, 0.2) is 0 Å². The Morgan fingerprint density at radius 2 is 1.88 bits per heavy atom. The Bertz CT molecular complexity index is 315. The zero-order valence-corrected chi connectivity index (χ0v) is 11.6. The van der Waals surface area contributed by atoms with Crippen LogP contribution in [0.2, 0.25) is 0 Å². The first kappa shape index (κ1) is 13.9. The fraction of sp³-hybridized carbons (Fsp3) is 1.00. The van der Waals surface area contributed by atoms with E-state index in [1.807, 2.05) is 6.92 Å². The van der Waals surface area contributed by atoms with Crippen molar-refractivity contribution in [2.45, 2.75) is 40.2 Å². The molecule has 1 rings (SSSR count). The Morgan fingerprint density at radius 1 is 1.31 bits per heavy atom. The van der Waals surface area contributed by atoms with Gasteiger partial charge in [0.2, 0.25) is 10.0 Å². The highest BCUT2D eigenvalue weighted by Crippen LogP contribution is 2.21. The number of nitrogens with zero attached hydrogens (tertiary/aromatic N) is 1. The molecule has 0 spiro atoms. The number of rotatable bonds is 5. The zero-order valence-electron chi connectivity index (χ0n) is 10.8. The van der Waals surface area contributed by atoms with Crippen LogP contribution in [0.15, 0.2) is 0 Å². The highest BCUT2D eigenvalue weighted by atomic mass is 32.2. The van der Waals surface area contributed by atoms with E-state index < -0.39 is 10.0 Å². The molecule has 0 unspecified atom stereocenters.